The van der Waals surface area contributed by atoms with Crippen molar-refractivity contribution in [2.45, 2.75) is 26.3 Å². The number of carbonyl (C=O) groups is 1. The Morgan fingerprint density at radius 1 is 1.48 bits per heavy atom. The van der Waals surface area contributed by atoms with Crippen molar-refractivity contribution < 1.29 is 4.79 Å². The van der Waals surface area contributed by atoms with Crippen molar-refractivity contribution in [2.24, 2.45) is 0 Å². The smallest absolute Gasteiger partial charge is 0.245 e. The molecular weight excluding hydrogens is 309 g/mol. The summed E-state index contributed by atoms with van der Waals surface area (Å²) in [5.41, 5.74) is 1.70. The molecule has 0 saturated heterocycles. The van der Waals surface area contributed by atoms with Gasteiger partial charge < -0.3 is 9.47 Å². The van der Waals surface area contributed by atoms with Crippen molar-refractivity contribution in [3.05, 3.63) is 29.0 Å². The number of rotatable bonds is 5. The SMILES string of the molecule is CCN(C)C(=O)C(C)n1c(CCCl)nc2ccc(Cl)cc21. The van der Waals surface area contributed by atoms with Gasteiger partial charge in [-0.15, -0.1) is 11.6 Å². The molecule has 0 radical (unpaired) electrons. The average Bonchev–Trinajstić information content (AvgIpc) is 2.82. The molecule has 0 spiro atoms. The number of hydrogen-bond acceptors (Lipinski definition) is 2. The van der Waals surface area contributed by atoms with E-state index in [0.717, 1.165) is 16.9 Å². The van der Waals surface area contributed by atoms with Crippen LogP contribution in [0.15, 0.2) is 18.2 Å². The summed E-state index contributed by atoms with van der Waals surface area (Å²) in [6.07, 6.45) is 0.612. The van der Waals surface area contributed by atoms with E-state index in [4.69, 9.17) is 23.2 Å². The number of hydrogen-bond donors (Lipinski definition) is 0. The quantitative estimate of drug-likeness (QED) is 0.788. The van der Waals surface area contributed by atoms with Gasteiger partial charge >= 0.3 is 0 Å². The van der Waals surface area contributed by atoms with Gasteiger partial charge in [0.25, 0.3) is 0 Å². The van der Waals surface area contributed by atoms with Gasteiger partial charge in [-0.2, -0.15) is 0 Å². The number of alkyl halides is 1. The minimum absolute atomic E-state index is 0.0487. The third-order valence-electron chi connectivity index (χ3n) is 3.64. The van der Waals surface area contributed by atoms with Crippen LogP contribution >= 0.6 is 23.2 Å². The number of carbonyl (C=O) groups excluding carboxylic acids is 1. The van der Waals surface area contributed by atoms with Crippen molar-refractivity contribution >= 4 is 40.1 Å². The maximum atomic E-state index is 12.5. The molecule has 1 unspecified atom stereocenters. The molecule has 1 heterocycles. The first-order chi connectivity index (χ1) is 9.99. The summed E-state index contributed by atoms with van der Waals surface area (Å²) in [5, 5.41) is 0.629. The van der Waals surface area contributed by atoms with Gasteiger partial charge in [-0.3, -0.25) is 4.79 Å². The van der Waals surface area contributed by atoms with Gasteiger partial charge in [0.1, 0.15) is 11.9 Å². The van der Waals surface area contributed by atoms with Gasteiger partial charge in [-0.1, -0.05) is 11.6 Å². The molecular formula is C15H19Cl2N3O. The zero-order valence-corrected chi connectivity index (χ0v) is 13.9. The van der Waals surface area contributed by atoms with Crippen molar-refractivity contribution in [3.63, 3.8) is 0 Å². The zero-order valence-electron chi connectivity index (χ0n) is 12.4. The minimum Gasteiger partial charge on any atom is -0.344 e. The normalized spacial score (nSPS) is 12.6. The van der Waals surface area contributed by atoms with Crippen molar-refractivity contribution in [1.29, 1.82) is 0 Å². The van der Waals surface area contributed by atoms with Crippen LogP contribution in [0.4, 0.5) is 0 Å². The molecule has 1 aromatic carbocycles. The number of aryl methyl sites for hydroxylation is 1. The van der Waals surface area contributed by atoms with Crippen LogP contribution in [0.3, 0.4) is 0 Å². The van der Waals surface area contributed by atoms with Crippen LogP contribution in [0, 0.1) is 0 Å². The molecule has 6 heteroatoms. The van der Waals surface area contributed by atoms with Crippen LogP contribution in [-0.4, -0.2) is 39.8 Å². The Hall–Kier alpha value is -1.26. The largest absolute Gasteiger partial charge is 0.344 e. The molecule has 114 valence electrons. The molecule has 2 rings (SSSR count). The van der Waals surface area contributed by atoms with E-state index in [1.165, 1.54) is 0 Å². The first-order valence-corrected chi connectivity index (χ1v) is 7.88. The Balaban J connectivity index is 2.56. The predicted octanol–water partition coefficient (Wildman–Crippen LogP) is 3.51. The first-order valence-electron chi connectivity index (χ1n) is 6.96. The highest BCUT2D eigenvalue weighted by Crippen LogP contribution is 2.25. The standard InChI is InChI=1S/C15H19Cl2N3O/c1-4-19(3)15(21)10(2)20-13-9-11(17)5-6-12(13)18-14(20)7-8-16/h5-6,9-10H,4,7-8H2,1-3H3. The van der Waals surface area contributed by atoms with Crippen molar-refractivity contribution in [3.8, 4) is 0 Å². The Morgan fingerprint density at radius 2 is 2.19 bits per heavy atom. The van der Waals surface area contributed by atoms with E-state index in [1.807, 2.05) is 30.5 Å². The van der Waals surface area contributed by atoms with E-state index in [1.54, 1.807) is 18.0 Å². The number of aromatic nitrogens is 2. The third-order valence-corrected chi connectivity index (χ3v) is 4.06. The number of nitrogens with zero attached hydrogens (tertiary/aromatic N) is 3. The highest BCUT2D eigenvalue weighted by Gasteiger charge is 2.23. The van der Waals surface area contributed by atoms with E-state index in [9.17, 15) is 4.79 Å². The maximum Gasteiger partial charge on any atom is 0.245 e. The highest BCUT2D eigenvalue weighted by atomic mass is 35.5. The lowest BCUT2D eigenvalue weighted by Crippen LogP contribution is -2.33. The molecule has 0 N–H and O–H groups in total. The fourth-order valence-electron chi connectivity index (χ4n) is 2.39. The van der Waals surface area contributed by atoms with Gasteiger partial charge in [0.15, 0.2) is 0 Å². The van der Waals surface area contributed by atoms with Crippen LogP contribution in [0.2, 0.25) is 5.02 Å². The van der Waals surface area contributed by atoms with E-state index in [2.05, 4.69) is 4.98 Å². The van der Waals surface area contributed by atoms with Crippen molar-refractivity contribution in [2.75, 3.05) is 19.5 Å². The highest BCUT2D eigenvalue weighted by molar-refractivity contribution is 6.31. The summed E-state index contributed by atoms with van der Waals surface area (Å²) in [7, 11) is 1.80. The van der Waals surface area contributed by atoms with E-state index in [-0.39, 0.29) is 11.9 Å². The fraction of sp³-hybridized carbons (Fsp3) is 0.467. The molecule has 0 aliphatic heterocycles. The van der Waals surface area contributed by atoms with E-state index < -0.39 is 0 Å². The molecule has 2 aromatic rings. The molecule has 0 fully saturated rings. The third kappa shape index (κ3) is 3.16. The lowest BCUT2D eigenvalue weighted by molar-refractivity contribution is -0.132. The molecule has 1 amide bonds. The van der Waals surface area contributed by atoms with Gasteiger partial charge in [-0.25, -0.2) is 4.98 Å². The summed E-state index contributed by atoms with van der Waals surface area (Å²) >= 11 is 12.0. The average molecular weight is 328 g/mol. The Morgan fingerprint density at radius 3 is 2.81 bits per heavy atom. The second kappa shape index (κ2) is 6.67. The maximum absolute atomic E-state index is 12.5. The van der Waals surface area contributed by atoms with Gasteiger partial charge in [0.05, 0.1) is 11.0 Å². The second-order valence-electron chi connectivity index (χ2n) is 5.00. The number of benzene rings is 1. The number of amides is 1. The molecule has 0 saturated carbocycles. The fourth-order valence-corrected chi connectivity index (χ4v) is 2.73. The van der Waals surface area contributed by atoms with Crippen molar-refractivity contribution in [1.82, 2.24) is 14.5 Å². The monoisotopic (exact) mass is 327 g/mol. The zero-order chi connectivity index (χ0) is 15.6. The van der Waals surface area contributed by atoms with Crippen LogP contribution in [0.1, 0.15) is 25.7 Å². The van der Waals surface area contributed by atoms with Gasteiger partial charge in [0, 0.05) is 30.9 Å². The Kier molecular flexibility index (Phi) is 5.12. The Labute approximate surface area is 134 Å². The first kappa shape index (κ1) is 16.1. The number of imidazole rings is 1. The molecule has 1 atom stereocenters. The summed E-state index contributed by atoms with van der Waals surface area (Å²) in [4.78, 5) is 18.8. The number of fused-ring (bicyclic) bond motifs is 1. The van der Waals surface area contributed by atoms with E-state index in [0.29, 0.717) is 23.9 Å². The molecule has 0 aliphatic rings. The predicted molar refractivity (Wildman–Crippen MR) is 87.2 cm³/mol. The molecule has 1 aromatic heterocycles. The van der Waals surface area contributed by atoms with Gasteiger partial charge in [0.2, 0.25) is 5.91 Å². The number of likely N-dealkylation sites (N-methyl/N-ethyl adjacent to an activating group) is 1. The summed E-state index contributed by atoms with van der Waals surface area (Å²) in [5.74, 6) is 1.32. The molecule has 21 heavy (non-hydrogen) atoms. The van der Waals surface area contributed by atoms with Crippen LogP contribution < -0.4 is 0 Å². The van der Waals surface area contributed by atoms with Crippen LogP contribution in [0.25, 0.3) is 11.0 Å². The summed E-state index contributed by atoms with van der Waals surface area (Å²) < 4.78 is 1.94. The van der Waals surface area contributed by atoms with Crippen LogP contribution in [-0.2, 0) is 11.2 Å². The summed E-state index contributed by atoms with van der Waals surface area (Å²) in [6, 6.07) is 5.18. The molecule has 4 nitrogen and oxygen atoms in total. The lowest BCUT2D eigenvalue weighted by atomic mass is 10.2. The molecule has 0 bridgehead atoms. The summed E-state index contributed by atoms with van der Waals surface area (Å²) in [6.45, 7) is 4.50. The second-order valence-corrected chi connectivity index (χ2v) is 5.81. The van der Waals surface area contributed by atoms with E-state index >= 15 is 0 Å². The van der Waals surface area contributed by atoms with Gasteiger partial charge in [-0.05, 0) is 32.0 Å². The van der Waals surface area contributed by atoms with Crippen LogP contribution in [0.5, 0.6) is 0 Å². The minimum atomic E-state index is -0.336. The lowest BCUT2D eigenvalue weighted by Gasteiger charge is -2.22. The molecule has 0 aliphatic carbocycles. The topological polar surface area (TPSA) is 38.1 Å². The Bertz CT molecular complexity index is 654. The number of halogens is 2.